The summed E-state index contributed by atoms with van der Waals surface area (Å²) in [5.41, 5.74) is 3.57. The van der Waals surface area contributed by atoms with Crippen LogP contribution in [-0.4, -0.2) is 0 Å². The van der Waals surface area contributed by atoms with Crippen LogP contribution in [0.3, 0.4) is 0 Å². The predicted octanol–water partition coefficient (Wildman–Crippen LogP) is 4.59. The highest BCUT2D eigenvalue weighted by Gasteiger charge is 1.96. The molecule has 0 aliphatic rings. The zero-order valence-corrected chi connectivity index (χ0v) is 9.62. The fourth-order valence-corrected chi connectivity index (χ4v) is 1.46. The normalized spacial score (nSPS) is 12.2. The van der Waals surface area contributed by atoms with E-state index in [1.807, 2.05) is 39.0 Å². The number of benzene rings is 1. The first-order valence-corrected chi connectivity index (χ1v) is 5.25. The summed E-state index contributed by atoms with van der Waals surface area (Å²) in [7, 11) is 0. The number of allylic oxidation sites excluding steroid dienone is 3. The average Bonchev–Trinajstić information content (AvgIpc) is 2.23. The summed E-state index contributed by atoms with van der Waals surface area (Å²) >= 11 is 0. The molecule has 1 aromatic rings. The van der Waals surface area contributed by atoms with Gasteiger partial charge in [-0.1, -0.05) is 36.5 Å². The molecular weight excluding hydrogens is 180 g/mol. The van der Waals surface area contributed by atoms with Crippen LogP contribution in [0.2, 0.25) is 0 Å². The first kappa shape index (κ1) is 11.5. The minimum Gasteiger partial charge on any atom is -0.0870 e. The Balaban J connectivity index is 3.19. The molecule has 0 saturated carbocycles. The van der Waals surface area contributed by atoms with Gasteiger partial charge >= 0.3 is 0 Å². The van der Waals surface area contributed by atoms with Crippen molar-refractivity contribution in [2.45, 2.75) is 20.8 Å². The molecule has 0 nitrogen and oxygen atoms in total. The average molecular weight is 197 g/mol. The van der Waals surface area contributed by atoms with Crippen LogP contribution in [0.4, 0.5) is 0 Å². The summed E-state index contributed by atoms with van der Waals surface area (Å²) in [6.45, 7) is 6.08. The van der Waals surface area contributed by atoms with Gasteiger partial charge in [-0.25, -0.2) is 0 Å². The molecule has 77 valence electrons. The maximum Gasteiger partial charge on any atom is -0.00989 e. The smallest absolute Gasteiger partial charge is 0.00989 e. The van der Waals surface area contributed by atoms with E-state index in [0.29, 0.717) is 0 Å². The van der Waals surface area contributed by atoms with Gasteiger partial charge in [0.05, 0.1) is 0 Å². The zero-order valence-electron chi connectivity index (χ0n) is 9.62. The highest BCUT2D eigenvalue weighted by Crippen LogP contribution is 2.16. The van der Waals surface area contributed by atoms with Crippen LogP contribution in [0.15, 0.2) is 30.4 Å². The van der Waals surface area contributed by atoms with Gasteiger partial charge in [0.15, 0.2) is 0 Å². The van der Waals surface area contributed by atoms with Gasteiger partial charge in [0.2, 0.25) is 0 Å². The standard InChI is InChI=1S/C15H17/c1-4-7-13-10-11-14(8-5-2)15(12-13)9-6-3/h4-9,11-12H,1-3H3/b7-4-,8-5-,9-6-. The van der Waals surface area contributed by atoms with Crippen molar-refractivity contribution in [2.24, 2.45) is 0 Å². The Kier molecular flexibility index (Phi) is 4.62. The molecule has 0 saturated heterocycles. The Hall–Kier alpha value is -1.56. The fourth-order valence-electron chi connectivity index (χ4n) is 1.46. The molecule has 0 spiro atoms. The molecule has 15 heavy (non-hydrogen) atoms. The number of rotatable bonds is 3. The predicted molar refractivity (Wildman–Crippen MR) is 69.4 cm³/mol. The maximum atomic E-state index is 3.25. The molecule has 1 radical (unpaired) electrons. The maximum absolute atomic E-state index is 3.25. The molecule has 0 unspecified atom stereocenters. The minimum atomic E-state index is 1.12. The third-order valence-electron chi connectivity index (χ3n) is 2.08. The summed E-state index contributed by atoms with van der Waals surface area (Å²) in [6.07, 6.45) is 12.4. The van der Waals surface area contributed by atoms with Gasteiger partial charge in [-0.2, -0.15) is 0 Å². The second-order valence-corrected chi connectivity index (χ2v) is 3.30. The van der Waals surface area contributed by atoms with Crippen molar-refractivity contribution < 1.29 is 0 Å². The van der Waals surface area contributed by atoms with E-state index in [1.165, 1.54) is 11.1 Å². The highest BCUT2D eigenvalue weighted by molar-refractivity contribution is 5.68. The third kappa shape index (κ3) is 3.25. The Labute approximate surface area is 92.6 Å². The monoisotopic (exact) mass is 197 g/mol. The van der Waals surface area contributed by atoms with Gasteiger partial charge in [0, 0.05) is 0 Å². The molecule has 0 bridgehead atoms. The van der Waals surface area contributed by atoms with E-state index in [4.69, 9.17) is 0 Å². The SMILES string of the molecule is C/C=C\c1[c]cc(/C=C\C)c(/C=C\C)c1. The van der Waals surface area contributed by atoms with Crippen LogP contribution in [0, 0.1) is 6.07 Å². The van der Waals surface area contributed by atoms with E-state index in [-0.39, 0.29) is 0 Å². The van der Waals surface area contributed by atoms with Crippen molar-refractivity contribution >= 4 is 18.2 Å². The zero-order chi connectivity index (χ0) is 11.1. The summed E-state index contributed by atoms with van der Waals surface area (Å²) < 4.78 is 0. The van der Waals surface area contributed by atoms with E-state index >= 15 is 0 Å². The van der Waals surface area contributed by atoms with E-state index in [9.17, 15) is 0 Å². The lowest BCUT2D eigenvalue weighted by Crippen LogP contribution is -1.83. The van der Waals surface area contributed by atoms with Gasteiger partial charge < -0.3 is 0 Å². The van der Waals surface area contributed by atoms with Gasteiger partial charge in [-0.15, -0.1) is 0 Å². The van der Waals surface area contributed by atoms with Crippen molar-refractivity contribution in [3.05, 3.63) is 53.1 Å². The van der Waals surface area contributed by atoms with E-state index < -0.39 is 0 Å². The number of hydrogen-bond acceptors (Lipinski definition) is 0. The summed E-state index contributed by atoms with van der Waals surface area (Å²) in [5, 5.41) is 0. The summed E-state index contributed by atoms with van der Waals surface area (Å²) in [6, 6.07) is 7.43. The van der Waals surface area contributed by atoms with Crippen molar-refractivity contribution in [2.75, 3.05) is 0 Å². The molecule has 1 rings (SSSR count). The molecule has 0 N–H and O–H groups in total. The van der Waals surface area contributed by atoms with Crippen LogP contribution < -0.4 is 0 Å². The first-order chi connectivity index (χ1) is 7.31. The van der Waals surface area contributed by atoms with Crippen molar-refractivity contribution in [3.63, 3.8) is 0 Å². The summed E-state index contributed by atoms with van der Waals surface area (Å²) in [5.74, 6) is 0. The van der Waals surface area contributed by atoms with Gasteiger partial charge in [0.1, 0.15) is 0 Å². The van der Waals surface area contributed by atoms with E-state index in [2.05, 4.69) is 36.4 Å². The van der Waals surface area contributed by atoms with Crippen molar-refractivity contribution in [1.29, 1.82) is 0 Å². The Morgan fingerprint density at radius 2 is 1.47 bits per heavy atom. The lowest BCUT2D eigenvalue weighted by atomic mass is 10.0. The van der Waals surface area contributed by atoms with Crippen LogP contribution in [-0.2, 0) is 0 Å². The second kappa shape index (κ2) is 6.02. The van der Waals surface area contributed by atoms with Crippen molar-refractivity contribution in [1.82, 2.24) is 0 Å². The Bertz CT molecular complexity index is 392. The quantitative estimate of drug-likeness (QED) is 0.665. The van der Waals surface area contributed by atoms with Gasteiger partial charge in [-0.05, 0) is 55.7 Å². The second-order valence-electron chi connectivity index (χ2n) is 3.30. The minimum absolute atomic E-state index is 1.12. The molecule has 0 aliphatic carbocycles. The molecule has 0 aliphatic heterocycles. The van der Waals surface area contributed by atoms with Crippen molar-refractivity contribution in [3.8, 4) is 0 Å². The Morgan fingerprint density at radius 3 is 2.07 bits per heavy atom. The lowest BCUT2D eigenvalue weighted by molar-refractivity contribution is 1.55. The van der Waals surface area contributed by atoms with Gasteiger partial charge in [0.25, 0.3) is 0 Å². The Morgan fingerprint density at radius 1 is 0.867 bits per heavy atom. The highest BCUT2D eigenvalue weighted by atomic mass is 14.0. The van der Waals surface area contributed by atoms with Crippen LogP contribution in [0.1, 0.15) is 37.5 Å². The van der Waals surface area contributed by atoms with E-state index in [0.717, 1.165) is 5.56 Å². The third-order valence-corrected chi connectivity index (χ3v) is 2.08. The molecule has 0 heterocycles. The molecule has 0 fully saturated rings. The van der Waals surface area contributed by atoms with E-state index in [1.54, 1.807) is 0 Å². The lowest BCUT2D eigenvalue weighted by Gasteiger charge is -2.02. The molecule has 0 aromatic heterocycles. The molecule has 0 heteroatoms. The molecule has 0 amide bonds. The van der Waals surface area contributed by atoms with Crippen LogP contribution in [0.25, 0.3) is 18.2 Å². The molecule has 1 aromatic carbocycles. The van der Waals surface area contributed by atoms with Crippen LogP contribution in [0.5, 0.6) is 0 Å². The summed E-state index contributed by atoms with van der Waals surface area (Å²) in [4.78, 5) is 0. The fraction of sp³-hybridized carbons (Fsp3) is 0.200. The van der Waals surface area contributed by atoms with Crippen LogP contribution >= 0.6 is 0 Å². The van der Waals surface area contributed by atoms with Gasteiger partial charge in [-0.3, -0.25) is 0 Å². The molecule has 0 atom stereocenters. The largest absolute Gasteiger partial charge is 0.0870 e. The molecular formula is C15H17. The first-order valence-electron chi connectivity index (χ1n) is 5.25. The number of hydrogen-bond donors (Lipinski definition) is 0. The topological polar surface area (TPSA) is 0 Å².